The van der Waals surface area contributed by atoms with Gasteiger partial charge in [0.15, 0.2) is 15.3 Å². The lowest BCUT2D eigenvalue weighted by molar-refractivity contribution is 0.600. The van der Waals surface area contributed by atoms with Crippen molar-refractivity contribution in [1.29, 1.82) is 0 Å². The SMILES string of the molecule is O=c1cc[nH]c2ccc3c(c12)CCS3(=O)=O. The maximum atomic E-state index is 11.7. The summed E-state index contributed by atoms with van der Waals surface area (Å²) in [7, 11) is -3.17. The molecule has 0 bridgehead atoms. The van der Waals surface area contributed by atoms with Crippen LogP contribution in [0, 0.1) is 0 Å². The predicted molar refractivity (Wildman–Crippen MR) is 60.3 cm³/mol. The standard InChI is InChI=1S/C11H9NO3S/c13-9-3-5-12-8-1-2-10-7(11(8)9)4-6-16(10,14)15/h1-3,5H,4,6H2,(H,12,13). The van der Waals surface area contributed by atoms with Crippen molar-refractivity contribution in [3.8, 4) is 0 Å². The van der Waals surface area contributed by atoms with Crippen molar-refractivity contribution in [2.24, 2.45) is 0 Å². The molecule has 0 amide bonds. The van der Waals surface area contributed by atoms with Gasteiger partial charge in [-0.15, -0.1) is 0 Å². The lowest BCUT2D eigenvalue weighted by Gasteiger charge is -2.02. The molecule has 0 aliphatic carbocycles. The Kier molecular flexibility index (Phi) is 1.77. The molecule has 5 heteroatoms. The third-order valence-corrected chi connectivity index (χ3v) is 4.74. The molecule has 0 fully saturated rings. The summed E-state index contributed by atoms with van der Waals surface area (Å²) >= 11 is 0. The van der Waals surface area contributed by atoms with E-state index in [4.69, 9.17) is 0 Å². The number of H-pyrrole nitrogens is 1. The van der Waals surface area contributed by atoms with E-state index in [1.54, 1.807) is 18.3 Å². The summed E-state index contributed by atoms with van der Waals surface area (Å²) in [5, 5.41) is 0.515. The number of nitrogens with one attached hydrogen (secondary N) is 1. The Labute approximate surface area is 91.8 Å². The van der Waals surface area contributed by atoms with Crippen molar-refractivity contribution in [3.63, 3.8) is 0 Å². The van der Waals surface area contributed by atoms with Gasteiger partial charge in [0.05, 0.1) is 10.6 Å². The molecule has 3 rings (SSSR count). The summed E-state index contributed by atoms with van der Waals surface area (Å²) in [5.74, 6) is 0.107. The summed E-state index contributed by atoms with van der Waals surface area (Å²) in [6, 6.07) is 4.65. The largest absolute Gasteiger partial charge is 0.361 e. The van der Waals surface area contributed by atoms with E-state index in [9.17, 15) is 13.2 Å². The minimum absolute atomic E-state index is 0.107. The van der Waals surface area contributed by atoms with Crippen LogP contribution in [0.2, 0.25) is 0 Å². The zero-order valence-electron chi connectivity index (χ0n) is 8.36. The topological polar surface area (TPSA) is 67.0 Å². The van der Waals surface area contributed by atoms with E-state index >= 15 is 0 Å². The van der Waals surface area contributed by atoms with Crippen LogP contribution in [0.15, 0.2) is 34.1 Å². The Hall–Kier alpha value is -1.62. The highest BCUT2D eigenvalue weighted by atomic mass is 32.2. The van der Waals surface area contributed by atoms with E-state index in [-0.39, 0.29) is 11.2 Å². The molecular weight excluding hydrogens is 226 g/mol. The van der Waals surface area contributed by atoms with Crippen LogP contribution < -0.4 is 5.43 Å². The van der Waals surface area contributed by atoms with Crippen LogP contribution in [0.4, 0.5) is 0 Å². The smallest absolute Gasteiger partial charge is 0.189 e. The highest BCUT2D eigenvalue weighted by Gasteiger charge is 2.28. The molecule has 1 N–H and O–H groups in total. The molecule has 1 aromatic carbocycles. The first-order valence-corrected chi connectivity index (χ1v) is 6.61. The number of aromatic nitrogens is 1. The fourth-order valence-corrected chi connectivity index (χ4v) is 3.75. The highest BCUT2D eigenvalue weighted by molar-refractivity contribution is 7.91. The second-order valence-electron chi connectivity index (χ2n) is 3.88. The monoisotopic (exact) mass is 235 g/mol. The number of aromatic amines is 1. The molecule has 2 aromatic rings. The second-order valence-corrected chi connectivity index (χ2v) is 5.95. The van der Waals surface area contributed by atoms with E-state index in [0.717, 1.165) is 0 Å². The molecule has 0 spiro atoms. The van der Waals surface area contributed by atoms with Crippen LogP contribution in [0.1, 0.15) is 5.56 Å². The lowest BCUT2D eigenvalue weighted by atomic mass is 10.1. The van der Waals surface area contributed by atoms with Gasteiger partial charge in [-0.3, -0.25) is 4.79 Å². The molecule has 16 heavy (non-hydrogen) atoms. The first-order chi connectivity index (χ1) is 7.59. The maximum absolute atomic E-state index is 11.7. The zero-order chi connectivity index (χ0) is 11.3. The number of pyridine rings is 1. The molecule has 0 unspecified atom stereocenters. The van der Waals surface area contributed by atoms with Gasteiger partial charge in [0, 0.05) is 23.2 Å². The van der Waals surface area contributed by atoms with Crippen LogP contribution in [-0.2, 0) is 16.3 Å². The Bertz CT molecular complexity index is 743. The molecule has 0 saturated carbocycles. The summed E-state index contributed by atoms with van der Waals surface area (Å²) in [4.78, 5) is 15.0. The second kappa shape index (κ2) is 2.95. The molecule has 82 valence electrons. The summed E-state index contributed by atoms with van der Waals surface area (Å²) in [5.41, 5.74) is 1.24. The molecule has 2 heterocycles. The quantitative estimate of drug-likeness (QED) is 0.736. The summed E-state index contributed by atoms with van der Waals surface area (Å²) in [6.45, 7) is 0. The number of rotatable bonds is 0. The maximum Gasteiger partial charge on any atom is 0.189 e. The molecule has 4 nitrogen and oxygen atoms in total. The van der Waals surface area contributed by atoms with E-state index in [1.807, 2.05) is 0 Å². The highest BCUT2D eigenvalue weighted by Crippen LogP contribution is 2.29. The zero-order valence-corrected chi connectivity index (χ0v) is 9.17. The van der Waals surface area contributed by atoms with Gasteiger partial charge in [-0.05, 0) is 24.1 Å². The molecule has 0 radical (unpaired) electrons. The van der Waals surface area contributed by atoms with Gasteiger partial charge in [-0.25, -0.2) is 8.42 Å². The number of hydrogen-bond acceptors (Lipinski definition) is 3. The third-order valence-electron chi connectivity index (χ3n) is 2.95. The first kappa shape index (κ1) is 9.59. The van der Waals surface area contributed by atoms with Crippen LogP contribution in [0.25, 0.3) is 10.9 Å². The first-order valence-electron chi connectivity index (χ1n) is 4.96. The minimum atomic E-state index is -3.17. The van der Waals surface area contributed by atoms with E-state index in [2.05, 4.69) is 4.98 Å². The van der Waals surface area contributed by atoms with E-state index in [0.29, 0.717) is 27.8 Å². The molecule has 1 aromatic heterocycles. The number of hydrogen-bond donors (Lipinski definition) is 1. The van der Waals surface area contributed by atoms with Crippen LogP contribution in [0.3, 0.4) is 0 Å². The predicted octanol–water partition coefficient (Wildman–Crippen LogP) is 0.858. The number of aryl methyl sites for hydroxylation is 1. The number of benzene rings is 1. The van der Waals surface area contributed by atoms with E-state index < -0.39 is 9.84 Å². The average Bonchev–Trinajstić information content (AvgIpc) is 2.55. The number of sulfone groups is 1. The molecule has 0 atom stereocenters. The van der Waals surface area contributed by atoms with Gasteiger partial charge in [0.2, 0.25) is 0 Å². The van der Waals surface area contributed by atoms with Crippen LogP contribution in [0.5, 0.6) is 0 Å². The average molecular weight is 235 g/mol. The van der Waals surface area contributed by atoms with Crippen molar-refractivity contribution >= 4 is 20.7 Å². The Morgan fingerprint density at radius 2 is 2.00 bits per heavy atom. The van der Waals surface area contributed by atoms with Crippen molar-refractivity contribution in [2.75, 3.05) is 5.75 Å². The molecular formula is C11H9NO3S. The Balaban J connectivity index is 2.57. The van der Waals surface area contributed by atoms with Crippen molar-refractivity contribution in [1.82, 2.24) is 4.98 Å². The van der Waals surface area contributed by atoms with Gasteiger partial charge in [0.1, 0.15) is 0 Å². The van der Waals surface area contributed by atoms with Gasteiger partial charge in [-0.2, -0.15) is 0 Å². The van der Waals surface area contributed by atoms with Crippen molar-refractivity contribution < 1.29 is 8.42 Å². The fraction of sp³-hybridized carbons (Fsp3) is 0.182. The van der Waals surface area contributed by atoms with Gasteiger partial charge < -0.3 is 4.98 Å². The van der Waals surface area contributed by atoms with Gasteiger partial charge in [0.25, 0.3) is 0 Å². The molecule has 0 saturated heterocycles. The summed E-state index contributed by atoms with van der Waals surface area (Å²) in [6.07, 6.45) is 2.00. The van der Waals surface area contributed by atoms with Crippen LogP contribution >= 0.6 is 0 Å². The molecule has 1 aliphatic rings. The third kappa shape index (κ3) is 1.15. The minimum Gasteiger partial charge on any atom is -0.361 e. The fourth-order valence-electron chi connectivity index (χ4n) is 2.21. The van der Waals surface area contributed by atoms with Crippen molar-refractivity contribution in [2.45, 2.75) is 11.3 Å². The Morgan fingerprint density at radius 3 is 2.81 bits per heavy atom. The van der Waals surface area contributed by atoms with Crippen molar-refractivity contribution in [3.05, 3.63) is 40.2 Å². The summed E-state index contributed by atoms with van der Waals surface area (Å²) < 4.78 is 23.4. The van der Waals surface area contributed by atoms with Gasteiger partial charge >= 0.3 is 0 Å². The van der Waals surface area contributed by atoms with Gasteiger partial charge in [-0.1, -0.05) is 0 Å². The van der Waals surface area contributed by atoms with Crippen LogP contribution in [-0.4, -0.2) is 19.2 Å². The normalized spacial score (nSPS) is 17.5. The Morgan fingerprint density at radius 1 is 1.19 bits per heavy atom. The van der Waals surface area contributed by atoms with E-state index in [1.165, 1.54) is 6.07 Å². The lowest BCUT2D eigenvalue weighted by Crippen LogP contribution is -2.04. The molecule has 1 aliphatic heterocycles. The number of fused-ring (bicyclic) bond motifs is 3.